The molecule has 1 unspecified atom stereocenters. The molecule has 1 aromatic carbocycles. The summed E-state index contributed by atoms with van der Waals surface area (Å²) in [5, 5.41) is 3.98. The normalized spacial score (nSPS) is 21.3. The molecule has 0 bridgehead atoms. The number of amides is 4. The van der Waals surface area contributed by atoms with Crippen LogP contribution < -0.4 is 5.73 Å². The van der Waals surface area contributed by atoms with E-state index in [1.807, 2.05) is 0 Å². The van der Waals surface area contributed by atoms with Crippen LogP contribution in [0.2, 0.25) is 0 Å². The molecule has 0 spiro atoms. The summed E-state index contributed by atoms with van der Waals surface area (Å²) in [5.41, 5.74) is 7.64. The highest BCUT2D eigenvalue weighted by molar-refractivity contribution is 6.28. The zero-order chi connectivity index (χ0) is 23.3. The van der Waals surface area contributed by atoms with E-state index in [2.05, 4.69) is 10.1 Å². The van der Waals surface area contributed by atoms with Crippen LogP contribution in [0.15, 0.2) is 40.1 Å². The number of imide groups is 2. The van der Waals surface area contributed by atoms with E-state index in [-0.39, 0.29) is 31.0 Å². The number of carbonyl (C=O) groups excluding carboxylic acids is 4. The quantitative estimate of drug-likeness (QED) is 0.394. The maximum atomic E-state index is 13.3. The molecule has 5 rings (SSSR count). The molecule has 2 N–H and O–H groups in total. The van der Waals surface area contributed by atoms with E-state index in [9.17, 15) is 19.2 Å². The third kappa shape index (κ3) is 3.47. The predicted octanol–water partition coefficient (Wildman–Crippen LogP) is 0.139. The lowest BCUT2D eigenvalue weighted by Crippen LogP contribution is -2.56. The lowest BCUT2D eigenvalue weighted by molar-refractivity contribution is -0.155. The van der Waals surface area contributed by atoms with Crippen LogP contribution >= 0.6 is 0 Å². The summed E-state index contributed by atoms with van der Waals surface area (Å²) in [7, 11) is 5.53. The van der Waals surface area contributed by atoms with Gasteiger partial charge in [0.05, 0.1) is 6.54 Å². The summed E-state index contributed by atoms with van der Waals surface area (Å²) >= 11 is 0. The van der Waals surface area contributed by atoms with Gasteiger partial charge in [0.15, 0.2) is 0 Å². The zero-order valence-electron chi connectivity index (χ0n) is 17.6. The average molecular weight is 446 g/mol. The van der Waals surface area contributed by atoms with Gasteiger partial charge in [-0.2, -0.15) is 4.98 Å². The second-order valence-corrected chi connectivity index (χ2v) is 8.13. The minimum absolute atomic E-state index is 0.0207. The number of rotatable bonds is 4. The van der Waals surface area contributed by atoms with Gasteiger partial charge in [-0.25, -0.2) is 0 Å². The SMILES string of the molecule is [B]N1C(=O)CCC(N2C(=O)C3=C(C2=O)N(Cc2nc(-c4cccc(N)c4)no2)CCC3)C1=O. The molecule has 166 valence electrons. The highest BCUT2D eigenvalue weighted by Gasteiger charge is 2.49. The van der Waals surface area contributed by atoms with Crippen molar-refractivity contribution in [1.82, 2.24) is 24.8 Å². The summed E-state index contributed by atoms with van der Waals surface area (Å²) in [6.45, 7) is 0.628. The van der Waals surface area contributed by atoms with Crippen LogP contribution in [0.4, 0.5) is 5.69 Å². The number of piperidine rings is 1. The first-order valence-electron chi connectivity index (χ1n) is 10.5. The Labute approximate surface area is 189 Å². The van der Waals surface area contributed by atoms with Crippen LogP contribution in [-0.2, 0) is 25.7 Å². The van der Waals surface area contributed by atoms with Gasteiger partial charge in [-0.1, -0.05) is 17.3 Å². The predicted molar refractivity (Wildman–Crippen MR) is 113 cm³/mol. The van der Waals surface area contributed by atoms with Crippen molar-refractivity contribution >= 4 is 37.3 Å². The number of hydrogen-bond donors (Lipinski definition) is 1. The van der Waals surface area contributed by atoms with E-state index in [1.54, 1.807) is 29.2 Å². The number of nitrogen functional groups attached to an aromatic ring is 1. The summed E-state index contributed by atoms with van der Waals surface area (Å²) in [6.07, 6.45) is 1.09. The molecule has 0 saturated carbocycles. The van der Waals surface area contributed by atoms with Gasteiger partial charge in [-0.3, -0.25) is 24.1 Å². The minimum Gasteiger partial charge on any atom is -0.399 e. The minimum atomic E-state index is -1.10. The van der Waals surface area contributed by atoms with Crippen molar-refractivity contribution in [2.24, 2.45) is 0 Å². The molecular formula is C21H19BN6O5. The standard InChI is InChI=1S/C21H19BN6O5/c22-28-16(29)7-6-14(20(28)31)27-19(30)13-5-2-8-26(17(13)21(27)32)10-15-24-18(25-33-15)11-3-1-4-12(23)9-11/h1,3-4,9,14H,2,5-8,10,23H2. The highest BCUT2D eigenvalue weighted by Crippen LogP contribution is 2.35. The van der Waals surface area contributed by atoms with Gasteiger partial charge in [0.2, 0.25) is 31.5 Å². The Balaban J connectivity index is 1.38. The average Bonchev–Trinajstić information content (AvgIpc) is 3.36. The fourth-order valence-electron chi connectivity index (χ4n) is 4.44. The van der Waals surface area contributed by atoms with E-state index in [4.69, 9.17) is 18.2 Å². The van der Waals surface area contributed by atoms with Gasteiger partial charge >= 0.3 is 0 Å². The Bertz CT molecular complexity index is 1220. The fraction of sp³-hybridized carbons (Fsp3) is 0.333. The monoisotopic (exact) mass is 446 g/mol. The number of anilines is 1. The molecule has 1 fully saturated rings. The number of aromatic nitrogens is 2. The van der Waals surface area contributed by atoms with Crippen molar-refractivity contribution in [1.29, 1.82) is 0 Å². The molecule has 4 amide bonds. The molecule has 2 aromatic rings. The van der Waals surface area contributed by atoms with Crippen molar-refractivity contribution in [3.8, 4) is 11.4 Å². The van der Waals surface area contributed by atoms with E-state index >= 15 is 0 Å². The smallest absolute Gasteiger partial charge is 0.278 e. The number of nitrogens with zero attached hydrogens (tertiary/aromatic N) is 5. The molecule has 12 heteroatoms. The topological polar surface area (TPSA) is 143 Å². The van der Waals surface area contributed by atoms with Crippen molar-refractivity contribution in [2.45, 2.75) is 38.3 Å². The van der Waals surface area contributed by atoms with Gasteiger partial charge in [0.25, 0.3) is 11.8 Å². The summed E-state index contributed by atoms with van der Waals surface area (Å²) in [6, 6.07) is 5.95. The third-order valence-corrected chi connectivity index (χ3v) is 6.03. The Hall–Kier alpha value is -3.96. The molecule has 3 aliphatic rings. The number of nitrogens with two attached hydrogens (primary N) is 1. The van der Waals surface area contributed by atoms with Gasteiger partial charge in [0.1, 0.15) is 11.7 Å². The first-order chi connectivity index (χ1) is 15.8. The van der Waals surface area contributed by atoms with Crippen LogP contribution in [0, 0.1) is 0 Å². The second-order valence-electron chi connectivity index (χ2n) is 8.13. The van der Waals surface area contributed by atoms with Crippen LogP contribution in [0.3, 0.4) is 0 Å². The first kappa shape index (κ1) is 20.9. The Morgan fingerprint density at radius 2 is 1.97 bits per heavy atom. The van der Waals surface area contributed by atoms with Crippen molar-refractivity contribution < 1.29 is 23.7 Å². The Morgan fingerprint density at radius 3 is 2.76 bits per heavy atom. The van der Waals surface area contributed by atoms with E-state index in [0.717, 1.165) is 4.90 Å². The Morgan fingerprint density at radius 1 is 1.15 bits per heavy atom. The molecule has 0 aliphatic carbocycles. The summed E-state index contributed by atoms with van der Waals surface area (Å²) in [4.78, 5) is 58.1. The van der Waals surface area contributed by atoms with E-state index in [0.29, 0.717) is 46.8 Å². The molecule has 1 atom stereocenters. The fourth-order valence-corrected chi connectivity index (χ4v) is 4.44. The largest absolute Gasteiger partial charge is 0.399 e. The zero-order valence-corrected chi connectivity index (χ0v) is 17.6. The summed E-state index contributed by atoms with van der Waals surface area (Å²) < 4.78 is 5.37. The van der Waals surface area contributed by atoms with Crippen molar-refractivity contribution in [3.05, 3.63) is 41.4 Å². The van der Waals surface area contributed by atoms with E-state index < -0.39 is 29.7 Å². The third-order valence-electron chi connectivity index (χ3n) is 6.03. The molecule has 1 aromatic heterocycles. The highest BCUT2D eigenvalue weighted by atomic mass is 16.5. The summed E-state index contributed by atoms with van der Waals surface area (Å²) in [5.74, 6) is -1.77. The van der Waals surface area contributed by atoms with Gasteiger partial charge in [-0.05, 0) is 31.4 Å². The second kappa shape index (κ2) is 7.87. The molecule has 4 heterocycles. The number of benzene rings is 1. The van der Waals surface area contributed by atoms with Gasteiger partial charge in [0, 0.05) is 29.8 Å². The maximum absolute atomic E-state index is 13.3. The maximum Gasteiger partial charge on any atom is 0.278 e. The van der Waals surface area contributed by atoms with Crippen LogP contribution in [0.25, 0.3) is 11.4 Å². The molecule has 3 aliphatic heterocycles. The van der Waals surface area contributed by atoms with Crippen LogP contribution in [-0.4, -0.2) is 68.9 Å². The Kier molecular flexibility index (Phi) is 4.99. The lowest BCUT2D eigenvalue weighted by Gasteiger charge is -2.33. The van der Waals surface area contributed by atoms with Crippen molar-refractivity contribution in [3.63, 3.8) is 0 Å². The molecule has 2 radical (unpaired) electrons. The molecule has 11 nitrogen and oxygen atoms in total. The first-order valence-corrected chi connectivity index (χ1v) is 10.5. The number of hydrogen-bond acceptors (Lipinski definition) is 9. The van der Waals surface area contributed by atoms with Crippen LogP contribution in [0.5, 0.6) is 0 Å². The molecule has 33 heavy (non-hydrogen) atoms. The van der Waals surface area contributed by atoms with Gasteiger partial charge < -0.3 is 20.0 Å². The van der Waals surface area contributed by atoms with Crippen molar-refractivity contribution in [2.75, 3.05) is 12.3 Å². The van der Waals surface area contributed by atoms with Crippen LogP contribution in [0.1, 0.15) is 31.6 Å². The van der Waals surface area contributed by atoms with Gasteiger partial charge in [-0.15, -0.1) is 0 Å². The molecular weight excluding hydrogens is 427 g/mol. The van der Waals surface area contributed by atoms with E-state index in [1.165, 1.54) is 0 Å². The lowest BCUT2D eigenvalue weighted by atomic mass is 9.99. The molecule has 1 saturated heterocycles. The number of carbonyl (C=O) groups is 4.